The SMILES string of the molecule is C=CCNC(=O)CCS(=O)(=O)Cc1ccc(C)cc1. The Morgan fingerprint density at radius 1 is 1.32 bits per heavy atom. The molecule has 0 saturated carbocycles. The topological polar surface area (TPSA) is 63.2 Å². The molecule has 1 N–H and O–H groups in total. The van der Waals surface area contributed by atoms with Crippen molar-refractivity contribution in [2.24, 2.45) is 0 Å². The Morgan fingerprint density at radius 2 is 1.95 bits per heavy atom. The van der Waals surface area contributed by atoms with Crippen molar-refractivity contribution in [3.8, 4) is 0 Å². The lowest BCUT2D eigenvalue weighted by Gasteiger charge is -2.05. The smallest absolute Gasteiger partial charge is 0.221 e. The predicted octanol–water partition coefficient (Wildman–Crippen LogP) is 1.60. The highest BCUT2D eigenvalue weighted by Gasteiger charge is 2.14. The van der Waals surface area contributed by atoms with E-state index in [4.69, 9.17) is 0 Å². The van der Waals surface area contributed by atoms with E-state index in [9.17, 15) is 13.2 Å². The quantitative estimate of drug-likeness (QED) is 0.772. The summed E-state index contributed by atoms with van der Waals surface area (Å²) in [5.41, 5.74) is 1.84. The van der Waals surface area contributed by atoms with Gasteiger partial charge in [-0.3, -0.25) is 4.79 Å². The van der Waals surface area contributed by atoms with Crippen molar-refractivity contribution in [1.82, 2.24) is 5.32 Å². The fourth-order valence-electron chi connectivity index (χ4n) is 1.53. The molecular weight excluding hydrogens is 262 g/mol. The summed E-state index contributed by atoms with van der Waals surface area (Å²) in [4.78, 5) is 11.3. The van der Waals surface area contributed by atoms with Crippen LogP contribution in [0.1, 0.15) is 17.5 Å². The molecule has 104 valence electrons. The van der Waals surface area contributed by atoms with E-state index >= 15 is 0 Å². The molecule has 0 atom stereocenters. The number of carbonyl (C=O) groups excluding carboxylic acids is 1. The van der Waals surface area contributed by atoms with Gasteiger partial charge in [0.1, 0.15) is 0 Å². The summed E-state index contributed by atoms with van der Waals surface area (Å²) in [5.74, 6) is -0.432. The highest BCUT2D eigenvalue weighted by molar-refractivity contribution is 7.90. The van der Waals surface area contributed by atoms with Crippen molar-refractivity contribution in [1.29, 1.82) is 0 Å². The molecular formula is C14H19NO3S. The Morgan fingerprint density at radius 3 is 2.53 bits per heavy atom. The van der Waals surface area contributed by atoms with E-state index in [1.165, 1.54) is 0 Å². The molecule has 0 aliphatic heterocycles. The maximum Gasteiger partial charge on any atom is 0.221 e. The van der Waals surface area contributed by atoms with Crippen molar-refractivity contribution in [2.45, 2.75) is 19.1 Å². The van der Waals surface area contributed by atoms with Crippen LogP contribution in [0.5, 0.6) is 0 Å². The van der Waals surface area contributed by atoms with Crippen LogP contribution >= 0.6 is 0 Å². The normalized spacial score (nSPS) is 11.0. The second kappa shape index (κ2) is 7.09. The zero-order valence-corrected chi connectivity index (χ0v) is 11.9. The zero-order chi connectivity index (χ0) is 14.3. The van der Waals surface area contributed by atoms with Crippen molar-refractivity contribution in [3.63, 3.8) is 0 Å². The van der Waals surface area contributed by atoms with Crippen LogP contribution in [0.25, 0.3) is 0 Å². The first kappa shape index (κ1) is 15.4. The van der Waals surface area contributed by atoms with E-state index in [2.05, 4.69) is 11.9 Å². The van der Waals surface area contributed by atoms with Gasteiger partial charge in [-0.05, 0) is 12.5 Å². The molecule has 0 fully saturated rings. The summed E-state index contributed by atoms with van der Waals surface area (Å²) in [6.45, 7) is 5.78. The summed E-state index contributed by atoms with van der Waals surface area (Å²) in [6, 6.07) is 7.35. The summed E-state index contributed by atoms with van der Waals surface area (Å²) < 4.78 is 23.7. The fraction of sp³-hybridized carbons (Fsp3) is 0.357. The lowest BCUT2D eigenvalue weighted by atomic mass is 10.2. The summed E-state index contributed by atoms with van der Waals surface area (Å²) in [7, 11) is -3.25. The van der Waals surface area contributed by atoms with Crippen LogP contribution in [0, 0.1) is 6.92 Å². The number of amides is 1. The van der Waals surface area contributed by atoms with Crippen molar-refractivity contribution < 1.29 is 13.2 Å². The monoisotopic (exact) mass is 281 g/mol. The average Bonchev–Trinajstić information content (AvgIpc) is 2.36. The first-order valence-electron chi connectivity index (χ1n) is 6.06. The molecule has 0 spiro atoms. The molecule has 19 heavy (non-hydrogen) atoms. The van der Waals surface area contributed by atoms with Crippen LogP contribution in [0.3, 0.4) is 0 Å². The number of aryl methyl sites for hydroxylation is 1. The highest BCUT2D eigenvalue weighted by atomic mass is 32.2. The minimum Gasteiger partial charge on any atom is -0.353 e. The molecule has 0 aliphatic rings. The predicted molar refractivity (Wildman–Crippen MR) is 76.5 cm³/mol. The van der Waals surface area contributed by atoms with E-state index in [-0.39, 0.29) is 23.8 Å². The van der Waals surface area contributed by atoms with Gasteiger partial charge >= 0.3 is 0 Å². The van der Waals surface area contributed by atoms with Crippen LogP contribution in [0.4, 0.5) is 0 Å². The van der Waals surface area contributed by atoms with E-state index in [0.29, 0.717) is 6.54 Å². The molecule has 1 aromatic rings. The van der Waals surface area contributed by atoms with E-state index in [0.717, 1.165) is 11.1 Å². The molecule has 4 nitrogen and oxygen atoms in total. The number of sulfone groups is 1. The maximum absolute atomic E-state index is 11.9. The largest absolute Gasteiger partial charge is 0.353 e. The second-order valence-electron chi connectivity index (χ2n) is 4.42. The first-order valence-corrected chi connectivity index (χ1v) is 7.88. The number of hydrogen-bond donors (Lipinski definition) is 1. The van der Waals surface area contributed by atoms with Gasteiger partial charge in [-0.15, -0.1) is 6.58 Å². The number of rotatable bonds is 7. The van der Waals surface area contributed by atoms with Gasteiger partial charge in [-0.1, -0.05) is 35.9 Å². The Kier molecular flexibility index (Phi) is 5.76. The molecule has 1 amide bonds. The van der Waals surface area contributed by atoms with Gasteiger partial charge in [0.05, 0.1) is 11.5 Å². The third kappa shape index (κ3) is 6.20. The van der Waals surface area contributed by atoms with Gasteiger partial charge in [-0.2, -0.15) is 0 Å². The molecule has 5 heteroatoms. The molecule has 0 saturated heterocycles. The third-order valence-corrected chi connectivity index (χ3v) is 4.19. The summed E-state index contributed by atoms with van der Waals surface area (Å²) in [6.07, 6.45) is 1.54. The molecule has 1 aromatic carbocycles. The Balaban J connectivity index is 2.50. The molecule has 0 unspecified atom stereocenters. The molecule has 0 radical (unpaired) electrons. The van der Waals surface area contributed by atoms with Crippen LogP contribution < -0.4 is 5.32 Å². The van der Waals surface area contributed by atoms with E-state index in [1.54, 1.807) is 18.2 Å². The van der Waals surface area contributed by atoms with Crippen molar-refractivity contribution in [3.05, 3.63) is 48.0 Å². The first-order chi connectivity index (χ1) is 8.93. The second-order valence-corrected chi connectivity index (χ2v) is 6.60. The summed E-state index contributed by atoms with van der Waals surface area (Å²) in [5, 5.41) is 2.55. The third-order valence-electron chi connectivity index (χ3n) is 2.59. The van der Waals surface area contributed by atoms with Crippen LogP contribution in [-0.2, 0) is 20.4 Å². The Labute approximate surface area is 114 Å². The minimum absolute atomic E-state index is 0.0119. The number of carbonyl (C=O) groups is 1. The van der Waals surface area contributed by atoms with Crippen LogP contribution in [0.2, 0.25) is 0 Å². The van der Waals surface area contributed by atoms with Crippen LogP contribution in [0.15, 0.2) is 36.9 Å². The lowest BCUT2D eigenvalue weighted by Crippen LogP contribution is -2.25. The Hall–Kier alpha value is -1.62. The van der Waals surface area contributed by atoms with Crippen molar-refractivity contribution in [2.75, 3.05) is 12.3 Å². The highest BCUT2D eigenvalue weighted by Crippen LogP contribution is 2.09. The number of benzene rings is 1. The molecule has 0 aromatic heterocycles. The molecule has 0 aliphatic carbocycles. The number of nitrogens with one attached hydrogen (secondary N) is 1. The number of hydrogen-bond acceptors (Lipinski definition) is 3. The fourth-order valence-corrected chi connectivity index (χ4v) is 2.87. The minimum atomic E-state index is -3.25. The van der Waals surface area contributed by atoms with Crippen molar-refractivity contribution >= 4 is 15.7 Å². The van der Waals surface area contributed by atoms with E-state index in [1.807, 2.05) is 19.1 Å². The van der Waals surface area contributed by atoms with Gasteiger partial charge in [0.15, 0.2) is 9.84 Å². The van der Waals surface area contributed by atoms with Crippen LogP contribution in [-0.4, -0.2) is 26.6 Å². The van der Waals surface area contributed by atoms with Gasteiger partial charge in [0.25, 0.3) is 0 Å². The average molecular weight is 281 g/mol. The molecule has 0 bridgehead atoms. The maximum atomic E-state index is 11.9. The Bertz CT molecular complexity index is 532. The summed E-state index contributed by atoms with van der Waals surface area (Å²) >= 11 is 0. The van der Waals surface area contributed by atoms with Gasteiger partial charge in [-0.25, -0.2) is 8.42 Å². The van der Waals surface area contributed by atoms with E-state index < -0.39 is 9.84 Å². The standard InChI is InChI=1S/C14H19NO3S/c1-3-9-15-14(16)8-10-19(17,18)11-13-6-4-12(2)5-7-13/h3-7H,1,8-11H2,2H3,(H,15,16). The lowest BCUT2D eigenvalue weighted by molar-refractivity contribution is -0.120. The molecule has 0 heterocycles. The van der Waals surface area contributed by atoms with Gasteiger partial charge in [0, 0.05) is 13.0 Å². The zero-order valence-electron chi connectivity index (χ0n) is 11.1. The van der Waals surface area contributed by atoms with Gasteiger partial charge in [0.2, 0.25) is 5.91 Å². The van der Waals surface area contributed by atoms with Gasteiger partial charge < -0.3 is 5.32 Å². The molecule has 1 rings (SSSR count).